The van der Waals surface area contributed by atoms with E-state index in [1.165, 1.54) is 11.8 Å². The number of benzene rings is 1. The number of hydrogen-bond acceptors (Lipinski definition) is 5. The van der Waals surface area contributed by atoms with Gasteiger partial charge in [-0.05, 0) is 43.0 Å². The smallest absolute Gasteiger partial charge is 0.341 e. The summed E-state index contributed by atoms with van der Waals surface area (Å²) in [5.41, 5.74) is 1.33. The molecule has 2 aromatic rings. The number of thioether (sulfide) groups is 1. The number of rotatable bonds is 6. The molecule has 0 aliphatic heterocycles. The number of pyridine rings is 1. The maximum atomic E-state index is 12.1. The highest BCUT2D eigenvalue weighted by atomic mass is 79.9. The van der Waals surface area contributed by atoms with Crippen LogP contribution in [0.2, 0.25) is 0 Å². The van der Waals surface area contributed by atoms with Crippen LogP contribution < -0.4 is 5.32 Å². The van der Waals surface area contributed by atoms with Crippen LogP contribution in [-0.4, -0.2) is 29.7 Å². The van der Waals surface area contributed by atoms with Gasteiger partial charge in [-0.1, -0.05) is 28.1 Å². The van der Waals surface area contributed by atoms with Crippen molar-refractivity contribution in [3.63, 3.8) is 0 Å². The van der Waals surface area contributed by atoms with Crippen LogP contribution in [-0.2, 0) is 9.53 Å². The Morgan fingerprint density at radius 3 is 2.67 bits per heavy atom. The highest BCUT2D eigenvalue weighted by molar-refractivity contribution is 9.10. The van der Waals surface area contributed by atoms with Crippen molar-refractivity contribution in [1.82, 2.24) is 10.3 Å². The predicted molar refractivity (Wildman–Crippen MR) is 97.0 cm³/mol. The Kier molecular flexibility index (Phi) is 6.81. The monoisotopic (exact) mass is 408 g/mol. The average molecular weight is 409 g/mol. The number of amides is 1. The SMILES string of the molecule is CSc1ncccc1C(=O)OCC(=O)N[C@H](C)c1ccc(Br)cc1. The van der Waals surface area contributed by atoms with Crippen LogP contribution in [0.15, 0.2) is 52.1 Å². The normalized spacial score (nSPS) is 11.6. The van der Waals surface area contributed by atoms with Gasteiger partial charge in [0.15, 0.2) is 6.61 Å². The lowest BCUT2D eigenvalue weighted by Crippen LogP contribution is -2.31. The molecule has 1 aromatic heterocycles. The molecule has 1 atom stereocenters. The van der Waals surface area contributed by atoms with Crippen molar-refractivity contribution in [1.29, 1.82) is 0 Å². The van der Waals surface area contributed by atoms with Crippen molar-refractivity contribution in [2.45, 2.75) is 18.0 Å². The summed E-state index contributed by atoms with van der Waals surface area (Å²) in [6, 6.07) is 10.8. The highest BCUT2D eigenvalue weighted by Crippen LogP contribution is 2.18. The zero-order chi connectivity index (χ0) is 17.5. The first-order valence-corrected chi connectivity index (χ1v) is 9.24. The van der Waals surface area contributed by atoms with Gasteiger partial charge in [0, 0.05) is 10.7 Å². The number of nitrogens with one attached hydrogen (secondary N) is 1. The number of esters is 1. The first-order valence-electron chi connectivity index (χ1n) is 7.22. The molecule has 0 aliphatic carbocycles. The number of nitrogens with zero attached hydrogens (tertiary/aromatic N) is 1. The molecule has 1 N–H and O–H groups in total. The van der Waals surface area contributed by atoms with Crippen LogP contribution in [0.5, 0.6) is 0 Å². The largest absolute Gasteiger partial charge is 0.452 e. The molecule has 0 saturated carbocycles. The molecular formula is C17H17BrN2O3S. The zero-order valence-corrected chi connectivity index (χ0v) is 15.7. The van der Waals surface area contributed by atoms with Gasteiger partial charge in [0.05, 0.1) is 11.6 Å². The Balaban J connectivity index is 1.88. The summed E-state index contributed by atoms with van der Waals surface area (Å²) in [4.78, 5) is 28.1. The van der Waals surface area contributed by atoms with Crippen molar-refractivity contribution in [3.05, 3.63) is 58.2 Å². The number of carbonyl (C=O) groups is 2. The zero-order valence-electron chi connectivity index (χ0n) is 13.3. The van der Waals surface area contributed by atoms with Gasteiger partial charge >= 0.3 is 5.97 Å². The van der Waals surface area contributed by atoms with Crippen LogP contribution in [0, 0.1) is 0 Å². The molecule has 1 heterocycles. The first-order chi connectivity index (χ1) is 11.5. The van der Waals surface area contributed by atoms with Gasteiger partial charge in [0.25, 0.3) is 5.91 Å². The topological polar surface area (TPSA) is 68.3 Å². The first kappa shape index (κ1) is 18.5. The lowest BCUT2D eigenvalue weighted by Gasteiger charge is -2.14. The average Bonchev–Trinajstić information content (AvgIpc) is 2.60. The van der Waals surface area contributed by atoms with E-state index >= 15 is 0 Å². The minimum absolute atomic E-state index is 0.176. The lowest BCUT2D eigenvalue weighted by atomic mass is 10.1. The Morgan fingerprint density at radius 2 is 2.00 bits per heavy atom. The van der Waals surface area contributed by atoms with E-state index in [2.05, 4.69) is 26.2 Å². The third kappa shape index (κ3) is 5.07. The molecule has 5 nitrogen and oxygen atoms in total. The number of ether oxygens (including phenoxy) is 1. The Labute approximate surface area is 153 Å². The second-order valence-electron chi connectivity index (χ2n) is 4.98. The van der Waals surface area contributed by atoms with Crippen molar-refractivity contribution >= 4 is 39.6 Å². The second-order valence-corrected chi connectivity index (χ2v) is 6.69. The van der Waals surface area contributed by atoms with E-state index in [9.17, 15) is 9.59 Å². The van der Waals surface area contributed by atoms with Crippen LogP contribution in [0.25, 0.3) is 0 Å². The standard InChI is InChI=1S/C17H17BrN2O3S/c1-11(12-5-7-13(18)8-6-12)20-15(21)10-23-17(22)14-4-3-9-19-16(14)24-2/h3-9,11H,10H2,1-2H3,(H,20,21)/t11-/m1/s1. The van der Waals surface area contributed by atoms with E-state index in [0.717, 1.165) is 10.0 Å². The second kappa shape index (κ2) is 8.84. The summed E-state index contributed by atoms with van der Waals surface area (Å²) in [6.07, 6.45) is 3.43. The summed E-state index contributed by atoms with van der Waals surface area (Å²) in [5.74, 6) is -0.910. The van der Waals surface area contributed by atoms with E-state index in [4.69, 9.17) is 4.74 Å². The van der Waals surface area contributed by atoms with E-state index < -0.39 is 5.97 Å². The summed E-state index contributed by atoms with van der Waals surface area (Å²) in [7, 11) is 0. The quantitative estimate of drug-likeness (QED) is 0.583. The van der Waals surface area contributed by atoms with Crippen LogP contribution in [0.3, 0.4) is 0 Å². The number of halogens is 1. The molecule has 0 saturated heterocycles. The van der Waals surface area contributed by atoms with Gasteiger partial charge in [-0.2, -0.15) is 0 Å². The molecule has 1 aromatic carbocycles. The fraction of sp³-hybridized carbons (Fsp3) is 0.235. The Morgan fingerprint density at radius 1 is 1.29 bits per heavy atom. The summed E-state index contributed by atoms with van der Waals surface area (Å²) < 4.78 is 6.05. The molecule has 0 fully saturated rings. The van der Waals surface area contributed by atoms with Crippen molar-refractivity contribution in [3.8, 4) is 0 Å². The van der Waals surface area contributed by atoms with E-state index in [1.807, 2.05) is 37.4 Å². The molecule has 7 heteroatoms. The van der Waals surface area contributed by atoms with E-state index in [-0.39, 0.29) is 18.6 Å². The molecule has 0 unspecified atom stereocenters. The maximum absolute atomic E-state index is 12.1. The molecule has 0 radical (unpaired) electrons. The van der Waals surface area contributed by atoms with Gasteiger partial charge in [-0.25, -0.2) is 9.78 Å². The molecule has 0 bridgehead atoms. The molecule has 126 valence electrons. The number of hydrogen-bond donors (Lipinski definition) is 1. The van der Waals surface area contributed by atoms with Crippen LogP contribution in [0.4, 0.5) is 0 Å². The van der Waals surface area contributed by atoms with Gasteiger partial charge < -0.3 is 10.1 Å². The Bertz CT molecular complexity index is 722. The molecule has 0 aliphatic rings. The van der Waals surface area contributed by atoms with Gasteiger partial charge in [-0.15, -0.1) is 11.8 Å². The number of carbonyl (C=O) groups excluding carboxylic acids is 2. The van der Waals surface area contributed by atoms with Gasteiger partial charge in [-0.3, -0.25) is 4.79 Å². The third-order valence-electron chi connectivity index (χ3n) is 3.27. The summed E-state index contributed by atoms with van der Waals surface area (Å²) >= 11 is 4.72. The minimum atomic E-state index is -0.557. The van der Waals surface area contributed by atoms with E-state index in [1.54, 1.807) is 18.3 Å². The number of aromatic nitrogens is 1. The Hall–Kier alpha value is -1.86. The highest BCUT2D eigenvalue weighted by Gasteiger charge is 2.16. The molecule has 0 spiro atoms. The lowest BCUT2D eigenvalue weighted by molar-refractivity contribution is -0.124. The van der Waals surface area contributed by atoms with Gasteiger partial charge in [0.1, 0.15) is 5.03 Å². The van der Waals surface area contributed by atoms with Crippen LogP contribution in [0.1, 0.15) is 28.9 Å². The third-order valence-corrected chi connectivity index (χ3v) is 4.51. The van der Waals surface area contributed by atoms with Crippen molar-refractivity contribution < 1.29 is 14.3 Å². The molecule has 24 heavy (non-hydrogen) atoms. The fourth-order valence-corrected chi connectivity index (χ4v) is 2.84. The van der Waals surface area contributed by atoms with E-state index in [0.29, 0.717) is 10.6 Å². The van der Waals surface area contributed by atoms with Crippen LogP contribution >= 0.6 is 27.7 Å². The molecule has 1 amide bonds. The van der Waals surface area contributed by atoms with Crippen molar-refractivity contribution in [2.24, 2.45) is 0 Å². The predicted octanol–water partition coefficient (Wildman–Crippen LogP) is 3.60. The summed E-state index contributed by atoms with van der Waals surface area (Å²) in [6.45, 7) is 1.54. The minimum Gasteiger partial charge on any atom is -0.452 e. The maximum Gasteiger partial charge on any atom is 0.341 e. The molecular weight excluding hydrogens is 392 g/mol. The fourth-order valence-electron chi connectivity index (χ4n) is 2.04. The molecule has 2 rings (SSSR count). The summed E-state index contributed by atoms with van der Waals surface area (Å²) in [5, 5.41) is 3.37. The van der Waals surface area contributed by atoms with Crippen molar-refractivity contribution in [2.75, 3.05) is 12.9 Å². The van der Waals surface area contributed by atoms with Gasteiger partial charge in [0.2, 0.25) is 0 Å².